The van der Waals surface area contributed by atoms with Crippen LogP contribution in [0.4, 0.5) is 0 Å². The highest BCUT2D eigenvalue weighted by Gasteiger charge is 2.88. The Bertz CT molecular complexity index is 969. The van der Waals surface area contributed by atoms with Crippen molar-refractivity contribution >= 4 is 11.9 Å². The maximum atomic E-state index is 13.2. The number of rotatable bonds is 6. The van der Waals surface area contributed by atoms with Crippen LogP contribution in [-0.2, 0) is 23.7 Å². The van der Waals surface area contributed by atoms with Gasteiger partial charge in [0.25, 0.3) is 0 Å². The number of aliphatic hydroxyl groups excluding tert-OH is 5. The molecule has 5 fully saturated rings. The van der Waals surface area contributed by atoms with Gasteiger partial charge in [-0.1, -0.05) is 18.2 Å². The molecular formula is C23H28O11. The van der Waals surface area contributed by atoms with Gasteiger partial charge in [-0.3, -0.25) is 4.79 Å². The second-order valence-corrected chi connectivity index (χ2v) is 9.76. The number of carbonyl (C=O) groups is 2. The normalized spacial score (nSPS) is 47.0. The molecule has 34 heavy (non-hydrogen) atoms. The minimum Gasteiger partial charge on any atom is -0.461 e. The van der Waals surface area contributed by atoms with Gasteiger partial charge < -0.3 is 44.5 Å². The summed E-state index contributed by atoms with van der Waals surface area (Å²) >= 11 is 0. The first kappa shape index (κ1) is 23.6. The predicted octanol–water partition coefficient (Wildman–Crippen LogP) is -1.51. The van der Waals surface area contributed by atoms with E-state index in [2.05, 4.69) is 0 Å². The van der Waals surface area contributed by atoms with Crippen LogP contribution in [0.2, 0.25) is 0 Å². The molecule has 3 aliphatic carbocycles. The monoisotopic (exact) mass is 480 g/mol. The number of benzene rings is 1. The third-order valence-corrected chi connectivity index (χ3v) is 8.07. The van der Waals surface area contributed by atoms with Gasteiger partial charge in [-0.15, -0.1) is 0 Å². The lowest BCUT2D eigenvalue weighted by molar-refractivity contribution is -0.394. The first-order valence-electron chi connectivity index (χ1n) is 11.2. The lowest BCUT2D eigenvalue weighted by atomic mass is 9.40. The van der Waals surface area contributed by atoms with Crippen molar-refractivity contribution < 1.29 is 54.1 Å². The average molecular weight is 480 g/mol. The van der Waals surface area contributed by atoms with Crippen LogP contribution in [0.3, 0.4) is 0 Å². The number of carbonyl (C=O) groups excluding carboxylic acids is 2. The van der Waals surface area contributed by atoms with Crippen molar-refractivity contribution in [3.05, 3.63) is 35.9 Å². The Morgan fingerprint density at radius 2 is 1.79 bits per heavy atom. The molecule has 4 bridgehead atoms. The third kappa shape index (κ3) is 2.95. The summed E-state index contributed by atoms with van der Waals surface area (Å²) in [4.78, 5) is 25.9. The topological polar surface area (TPSA) is 172 Å². The highest BCUT2D eigenvalue weighted by molar-refractivity contribution is 5.90. The molecule has 5 aliphatic rings. The van der Waals surface area contributed by atoms with E-state index in [9.17, 15) is 35.1 Å². The van der Waals surface area contributed by atoms with Gasteiger partial charge in [0.15, 0.2) is 6.29 Å². The molecule has 0 spiro atoms. The van der Waals surface area contributed by atoms with Crippen molar-refractivity contribution in [1.29, 1.82) is 0 Å². The van der Waals surface area contributed by atoms with Crippen LogP contribution in [-0.4, -0.2) is 98.7 Å². The number of esters is 2. The van der Waals surface area contributed by atoms with E-state index in [-0.39, 0.29) is 18.4 Å². The van der Waals surface area contributed by atoms with Gasteiger partial charge in [-0.25, -0.2) is 4.79 Å². The summed E-state index contributed by atoms with van der Waals surface area (Å²) < 4.78 is 22.9. The molecule has 11 nitrogen and oxygen atoms in total. The van der Waals surface area contributed by atoms with Crippen molar-refractivity contribution in [3.63, 3.8) is 0 Å². The first-order valence-corrected chi connectivity index (χ1v) is 11.2. The number of hydrogen-bond acceptors (Lipinski definition) is 11. The molecule has 0 unspecified atom stereocenters. The molecular weight excluding hydrogens is 452 g/mol. The van der Waals surface area contributed by atoms with Crippen LogP contribution in [0, 0.1) is 11.3 Å². The van der Waals surface area contributed by atoms with Gasteiger partial charge in [0.2, 0.25) is 0 Å². The fraction of sp³-hybridized carbons (Fsp3) is 0.652. The van der Waals surface area contributed by atoms with E-state index in [0.717, 1.165) is 0 Å². The summed E-state index contributed by atoms with van der Waals surface area (Å²) in [5, 5.41) is 51.0. The third-order valence-electron chi connectivity index (χ3n) is 8.07. The van der Waals surface area contributed by atoms with E-state index in [1.807, 2.05) is 0 Å². The SMILES string of the molecule is C[C@]12C[C@H](O)[C@H]3C[C@]1(O[C@@H]1O[C@H](CO)[C@H](O)[C@H](O)[C@H]1O)[C@@]3(COC(=O)c1ccccc1)C(=O)O2. The molecule has 0 radical (unpaired) electrons. The summed E-state index contributed by atoms with van der Waals surface area (Å²) in [6.45, 7) is 0.508. The average Bonchev–Trinajstić information content (AvgIpc) is 2.88. The highest BCUT2D eigenvalue weighted by atomic mass is 16.7. The standard InChI is InChI=1S/C23H28O11/c1-21-8-13(25)12-7-23(21,33-19-17(28)16(27)15(26)14(9-24)32-19)22(12,20(30)34-21)10-31-18(29)11-5-3-2-4-6-11/h2-6,12-17,19,24-28H,7-10H2,1H3/t12-,13+,14-,15+,16+,17-,19+,21+,22-,23-/m1/s1. The molecule has 1 aromatic rings. The molecule has 1 aromatic carbocycles. The number of hydrogen-bond donors (Lipinski definition) is 5. The maximum absolute atomic E-state index is 13.2. The Morgan fingerprint density at radius 3 is 2.47 bits per heavy atom. The Morgan fingerprint density at radius 1 is 1.09 bits per heavy atom. The molecule has 6 rings (SSSR count). The van der Waals surface area contributed by atoms with Gasteiger partial charge in [-0.05, 0) is 25.5 Å². The van der Waals surface area contributed by atoms with Crippen molar-refractivity contribution in [1.82, 2.24) is 0 Å². The minimum atomic E-state index is -1.69. The van der Waals surface area contributed by atoms with E-state index >= 15 is 0 Å². The zero-order valence-corrected chi connectivity index (χ0v) is 18.4. The Hall–Kier alpha value is -2.12. The molecule has 11 heteroatoms. The fourth-order valence-corrected chi connectivity index (χ4v) is 6.19. The van der Waals surface area contributed by atoms with Crippen LogP contribution in [0.1, 0.15) is 30.1 Å². The number of fused-ring (bicyclic) bond motifs is 1. The van der Waals surface area contributed by atoms with Crippen LogP contribution in [0.15, 0.2) is 30.3 Å². The van der Waals surface area contributed by atoms with Crippen molar-refractivity contribution in [2.75, 3.05) is 13.2 Å². The molecule has 3 saturated carbocycles. The summed E-state index contributed by atoms with van der Waals surface area (Å²) in [6.07, 6.45) is -8.41. The summed E-state index contributed by atoms with van der Waals surface area (Å²) in [6, 6.07) is 8.20. The van der Waals surface area contributed by atoms with E-state index < -0.39 is 84.5 Å². The van der Waals surface area contributed by atoms with Crippen LogP contribution in [0.25, 0.3) is 0 Å². The predicted molar refractivity (Wildman–Crippen MR) is 110 cm³/mol. The van der Waals surface area contributed by atoms with Crippen molar-refractivity contribution in [3.8, 4) is 0 Å². The van der Waals surface area contributed by atoms with E-state index in [4.69, 9.17) is 18.9 Å². The molecule has 0 aromatic heterocycles. The van der Waals surface area contributed by atoms with E-state index in [1.165, 1.54) is 0 Å². The maximum Gasteiger partial charge on any atom is 0.338 e. The van der Waals surface area contributed by atoms with Gasteiger partial charge in [0, 0.05) is 12.3 Å². The molecule has 10 atom stereocenters. The van der Waals surface area contributed by atoms with Gasteiger partial charge >= 0.3 is 11.9 Å². The zero-order valence-electron chi connectivity index (χ0n) is 18.4. The van der Waals surface area contributed by atoms with Crippen molar-refractivity contribution in [2.45, 2.75) is 67.8 Å². The Balaban J connectivity index is 1.46. The first-order chi connectivity index (χ1) is 16.1. The van der Waals surface area contributed by atoms with E-state index in [0.29, 0.717) is 0 Å². The zero-order chi connectivity index (χ0) is 24.5. The quantitative estimate of drug-likeness (QED) is 0.300. The second-order valence-electron chi connectivity index (χ2n) is 9.76. The fourth-order valence-electron chi connectivity index (χ4n) is 6.19. The Kier molecular flexibility index (Phi) is 5.52. The van der Waals surface area contributed by atoms with Crippen molar-refractivity contribution in [2.24, 2.45) is 11.3 Å². The minimum absolute atomic E-state index is 0.0508. The highest BCUT2D eigenvalue weighted by Crippen LogP contribution is 2.73. The Labute approximate surface area is 194 Å². The second kappa shape index (κ2) is 7.95. The van der Waals surface area contributed by atoms with E-state index in [1.54, 1.807) is 37.3 Å². The molecule has 2 heterocycles. The van der Waals surface area contributed by atoms with Crippen LogP contribution < -0.4 is 0 Å². The number of aliphatic hydroxyl groups is 5. The summed E-state index contributed by atoms with van der Waals surface area (Å²) in [7, 11) is 0. The lowest BCUT2D eigenvalue weighted by Crippen LogP contribution is -2.80. The lowest BCUT2D eigenvalue weighted by Gasteiger charge is -2.66. The van der Waals surface area contributed by atoms with Gasteiger partial charge in [0.1, 0.15) is 47.6 Å². The molecule has 2 saturated heterocycles. The number of ether oxygens (including phenoxy) is 4. The summed E-state index contributed by atoms with van der Waals surface area (Å²) in [5.41, 5.74) is -4.08. The molecule has 2 aliphatic heterocycles. The molecule has 0 amide bonds. The van der Waals surface area contributed by atoms with Gasteiger partial charge in [0.05, 0.1) is 18.3 Å². The van der Waals surface area contributed by atoms with Crippen LogP contribution in [0.5, 0.6) is 0 Å². The largest absolute Gasteiger partial charge is 0.461 e. The molecule has 186 valence electrons. The smallest absolute Gasteiger partial charge is 0.338 e. The molecule has 5 N–H and O–H groups in total. The summed E-state index contributed by atoms with van der Waals surface area (Å²) in [5.74, 6) is -2.00. The van der Waals surface area contributed by atoms with Gasteiger partial charge in [-0.2, -0.15) is 0 Å². The van der Waals surface area contributed by atoms with Crippen LogP contribution >= 0.6 is 0 Å².